The smallest absolute Gasteiger partial charge is 0.255 e. The van der Waals surface area contributed by atoms with Gasteiger partial charge in [0.25, 0.3) is 5.91 Å². The first kappa shape index (κ1) is 16.6. The Morgan fingerprint density at radius 2 is 2.17 bits per heavy atom. The number of carbonyl (C=O) groups excluding carboxylic acids is 1. The van der Waals surface area contributed by atoms with Crippen molar-refractivity contribution in [1.82, 2.24) is 5.32 Å². The predicted octanol–water partition coefficient (Wildman–Crippen LogP) is 4.64. The van der Waals surface area contributed by atoms with E-state index in [0.29, 0.717) is 22.9 Å². The largest absolute Gasteiger partial charge is 0.496 e. The monoisotopic (exact) mass is 361 g/mol. The van der Waals surface area contributed by atoms with Crippen molar-refractivity contribution in [3.8, 4) is 16.2 Å². The van der Waals surface area contributed by atoms with E-state index in [4.69, 9.17) is 20.8 Å². The zero-order valence-corrected chi connectivity index (χ0v) is 14.6. The number of rotatable bonds is 6. The first-order valence-corrected chi connectivity index (χ1v) is 8.60. The Morgan fingerprint density at radius 3 is 2.92 bits per heavy atom. The minimum absolute atomic E-state index is 0.194. The quantitative estimate of drug-likeness (QED) is 0.695. The van der Waals surface area contributed by atoms with Gasteiger partial charge in [0.2, 0.25) is 0 Å². The highest BCUT2D eigenvalue weighted by molar-refractivity contribution is 7.15. The van der Waals surface area contributed by atoms with Crippen LogP contribution in [0.15, 0.2) is 53.3 Å². The van der Waals surface area contributed by atoms with Crippen molar-refractivity contribution in [1.29, 1.82) is 0 Å². The van der Waals surface area contributed by atoms with Gasteiger partial charge < -0.3 is 14.5 Å². The maximum atomic E-state index is 12.3. The summed E-state index contributed by atoms with van der Waals surface area (Å²) in [6, 6.07) is 11.1. The SMILES string of the molecule is COc1ccc(Cl)cc1C(=O)NCCc1ccc(-c2ccoc2)s1. The lowest BCUT2D eigenvalue weighted by Gasteiger charge is -2.09. The molecule has 1 amide bonds. The van der Waals surface area contributed by atoms with Crippen LogP contribution in [0, 0.1) is 0 Å². The number of furan rings is 1. The number of nitrogens with one attached hydrogen (secondary N) is 1. The molecular formula is C18H16ClNO3S. The van der Waals surface area contributed by atoms with E-state index in [9.17, 15) is 4.79 Å². The Bertz CT molecular complexity index is 827. The first-order valence-electron chi connectivity index (χ1n) is 7.40. The third-order valence-electron chi connectivity index (χ3n) is 3.53. The van der Waals surface area contributed by atoms with E-state index >= 15 is 0 Å². The van der Waals surface area contributed by atoms with E-state index in [2.05, 4.69) is 17.4 Å². The molecule has 0 unspecified atom stereocenters. The zero-order chi connectivity index (χ0) is 16.9. The maximum Gasteiger partial charge on any atom is 0.255 e. The molecule has 124 valence electrons. The molecule has 2 aromatic heterocycles. The topological polar surface area (TPSA) is 51.5 Å². The molecule has 0 atom stereocenters. The Labute approximate surface area is 149 Å². The Morgan fingerprint density at radius 1 is 1.29 bits per heavy atom. The molecule has 6 heteroatoms. The van der Waals surface area contributed by atoms with Crippen LogP contribution in [-0.4, -0.2) is 19.6 Å². The predicted molar refractivity (Wildman–Crippen MR) is 96.1 cm³/mol. The van der Waals surface area contributed by atoms with E-state index in [1.54, 1.807) is 42.1 Å². The van der Waals surface area contributed by atoms with Crippen LogP contribution in [-0.2, 0) is 6.42 Å². The number of thiophene rings is 1. The molecule has 0 aliphatic heterocycles. The van der Waals surface area contributed by atoms with E-state index < -0.39 is 0 Å². The van der Waals surface area contributed by atoms with Gasteiger partial charge in [0.05, 0.1) is 25.2 Å². The second-order valence-corrected chi connectivity index (χ2v) is 6.73. The maximum absolute atomic E-state index is 12.3. The molecule has 0 fully saturated rings. The lowest BCUT2D eigenvalue weighted by atomic mass is 10.2. The molecule has 1 N–H and O–H groups in total. The van der Waals surface area contributed by atoms with Gasteiger partial charge in [-0.15, -0.1) is 11.3 Å². The minimum atomic E-state index is -0.194. The van der Waals surface area contributed by atoms with E-state index in [1.807, 2.05) is 6.07 Å². The van der Waals surface area contributed by atoms with Gasteiger partial charge in [-0.3, -0.25) is 4.79 Å². The number of amides is 1. The molecule has 4 nitrogen and oxygen atoms in total. The second kappa shape index (κ2) is 7.55. The lowest BCUT2D eigenvalue weighted by molar-refractivity contribution is 0.0951. The van der Waals surface area contributed by atoms with E-state index in [1.165, 1.54) is 12.0 Å². The van der Waals surface area contributed by atoms with Crippen molar-refractivity contribution in [2.45, 2.75) is 6.42 Å². The van der Waals surface area contributed by atoms with Crippen molar-refractivity contribution < 1.29 is 13.9 Å². The highest BCUT2D eigenvalue weighted by Gasteiger charge is 2.12. The van der Waals surface area contributed by atoms with Gasteiger partial charge in [-0.1, -0.05) is 11.6 Å². The average Bonchev–Trinajstić information content (AvgIpc) is 3.26. The van der Waals surface area contributed by atoms with Crippen molar-refractivity contribution in [3.05, 3.63) is 64.4 Å². The molecule has 3 rings (SSSR count). The van der Waals surface area contributed by atoms with Crippen LogP contribution in [0.5, 0.6) is 5.75 Å². The molecule has 0 bridgehead atoms. The summed E-state index contributed by atoms with van der Waals surface area (Å²) in [4.78, 5) is 14.7. The first-order chi connectivity index (χ1) is 11.7. The van der Waals surface area contributed by atoms with Crippen molar-refractivity contribution in [2.24, 2.45) is 0 Å². The summed E-state index contributed by atoms with van der Waals surface area (Å²) < 4.78 is 10.3. The number of benzene rings is 1. The van der Waals surface area contributed by atoms with Crippen LogP contribution in [0.1, 0.15) is 15.2 Å². The number of carbonyl (C=O) groups is 1. The molecule has 0 spiro atoms. The van der Waals surface area contributed by atoms with Crippen LogP contribution in [0.2, 0.25) is 5.02 Å². The summed E-state index contributed by atoms with van der Waals surface area (Å²) in [6.45, 7) is 0.542. The van der Waals surface area contributed by atoms with E-state index in [-0.39, 0.29) is 5.91 Å². The average molecular weight is 362 g/mol. The van der Waals surface area contributed by atoms with Crippen LogP contribution >= 0.6 is 22.9 Å². The highest BCUT2D eigenvalue weighted by Crippen LogP contribution is 2.28. The second-order valence-electron chi connectivity index (χ2n) is 5.13. The van der Waals surface area contributed by atoms with Crippen LogP contribution in [0.25, 0.3) is 10.4 Å². The van der Waals surface area contributed by atoms with Gasteiger partial charge in [0.1, 0.15) is 5.75 Å². The van der Waals surface area contributed by atoms with Gasteiger partial charge in [-0.25, -0.2) is 0 Å². The summed E-state index contributed by atoms with van der Waals surface area (Å²) in [7, 11) is 1.53. The summed E-state index contributed by atoms with van der Waals surface area (Å²) >= 11 is 7.65. The Hall–Kier alpha value is -2.24. The standard InChI is InChI=1S/C18H16ClNO3S/c1-22-16-4-2-13(19)10-15(16)18(21)20-8-6-14-3-5-17(24-14)12-7-9-23-11-12/h2-5,7,9-11H,6,8H2,1H3,(H,20,21). The van der Waals surface area contributed by atoms with Crippen LogP contribution < -0.4 is 10.1 Å². The van der Waals surface area contributed by atoms with Crippen molar-refractivity contribution in [3.63, 3.8) is 0 Å². The molecule has 1 aromatic carbocycles. The van der Waals surface area contributed by atoms with Gasteiger partial charge in [0, 0.05) is 26.9 Å². The van der Waals surface area contributed by atoms with Crippen LogP contribution in [0.4, 0.5) is 0 Å². The summed E-state index contributed by atoms with van der Waals surface area (Å²) in [5, 5.41) is 3.41. The molecule has 2 heterocycles. The van der Waals surface area contributed by atoms with Crippen molar-refractivity contribution >= 4 is 28.8 Å². The fourth-order valence-corrected chi connectivity index (χ4v) is 3.49. The third-order valence-corrected chi connectivity index (χ3v) is 4.96. The third kappa shape index (κ3) is 3.80. The van der Waals surface area contributed by atoms with E-state index in [0.717, 1.165) is 16.9 Å². The summed E-state index contributed by atoms with van der Waals surface area (Å²) in [6.07, 6.45) is 4.15. The minimum Gasteiger partial charge on any atom is -0.496 e. The molecule has 0 radical (unpaired) electrons. The Balaban J connectivity index is 1.59. The molecule has 3 aromatic rings. The van der Waals surface area contributed by atoms with Crippen molar-refractivity contribution in [2.75, 3.05) is 13.7 Å². The van der Waals surface area contributed by atoms with Gasteiger partial charge >= 0.3 is 0 Å². The lowest BCUT2D eigenvalue weighted by Crippen LogP contribution is -2.26. The molecule has 0 aliphatic carbocycles. The number of hydrogen-bond donors (Lipinski definition) is 1. The molecule has 0 saturated carbocycles. The van der Waals surface area contributed by atoms with Gasteiger partial charge in [-0.2, -0.15) is 0 Å². The Kier molecular flexibility index (Phi) is 5.23. The molecular weight excluding hydrogens is 346 g/mol. The fourth-order valence-electron chi connectivity index (χ4n) is 2.32. The fraction of sp³-hybridized carbons (Fsp3) is 0.167. The molecule has 24 heavy (non-hydrogen) atoms. The van der Waals surface area contributed by atoms with Gasteiger partial charge in [-0.05, 0) is 42.8 Å². The zero-order valence-electron chi connectivity index (χ0n) is 13.0. The number of ether oxygens (including phenoxy) is 1. The summed E-state index contributed by atoms with van der Waals surface area (Å²) in [5.74, 6) is 0.316. The normalized spacial score (nSPS) is 10.6. The molecule has 0 saturated heterocycles. The highest BCUT2D eigenvalue weighted by atomic mass is 35.5. The molecule has 0 aliphatic rings. The number of methoxy groups -OCH3 is 1. The number of halogens is 1. The van der Waals surface area contributed by atoms with Crippen LogP contribution in [0.3, 0.4) is 0 Å². The van der Waals surface area contributed by atoms with Gasteiger partial charge in [0.15, 0.2) is 0 Å². The number of hydrogen-bond acceptors (Lipinski definition) is 4. The summed E-state index contributed by atoms with van der Waals surface area (Å²) in [5.41, 5.74) is 1.51.